The molecule has 1 amide bonds. The van der Waals surface area contributed by atoms with E-state index in [0.717, 1.165) is 11.3 Å². The summed E-state index contributed by atoms with van der Waals surface area (Å²) >= 11 is 0. The summed E-state index contributed by atoms with van der Waals surface area (Å²) < 4.78 is 30.4. The molecule has 3 heterocycles. The third kappa shape index (κ3) is 4.69. The number of anilines is 1. The van der Waals surface area contributed by atoms with E-state index < -0.39 is 10.0 Å². The van der Waals surface area contributed by atoms with Crippen molar-refractivity contribution < 1.29 is 13.2 Å². The smallest absolute Gasteiger partial charge is 0.262 e. The lowest BCUT2D eigenvalue weighted by molar-refractivity contribution is 0.102. The highest BCUT2D eigenvalue weighted by molar-refractivity contribution is 7.89. The van der Waals surface area contributed by atoms with Crippen LogP contribution in [-0.4, -0.2) is 56.1 Å². The Morgan fingerprint density at radius 2 is 1.74 bits per heavy atom. The Morgan fingerprint density at radius 1 is 1.03 bits per heavy atom. The number of rotatable bonds is 8. The number of benzene rings is 2. The number of carbonyl (C=O) groups excluding carboxylic acids is 1. The fraction of sp³-hybridized carbons (Fsp3) is 0.185. The number of hydrogen-bond acceptors (Lipinski definition) is 6. The van der Waals surface area contributed by atoms with Crippen molar-refractivity contribution in [1.82, 2.24) is 28.7 Å². The summed E-state index contributed by atoms with van der Waals surface area (Å²) in [6.07, 6.45) is 4.80. The van der Waals surface area contributed by atoms with Gasteiger partial charge in [0.1, 0.15) is 11.4 Å². The van der Waals surface area contributed by atoms with E-state index in [9.17, 15) is 13.2 Å². The molecular formula is C27H27N7O3S. The molecule has 3 aromatic heterocycles. The second kappa shape index (κ2) is 10.2. The van der Waals surface area contributed by atoms with Crippen molar-refractivity contribution >= 4 is 27.4 Å². The van der Waals surface area contributed by atoms with Crippen LogP contribution in [0.1, 0.15) is 29.8 Å². The molecule has 0 unspecified atom stereocenters. The predicted molar refractivity (Wildman–Crippen MR) is 145 cm³/mol. The van der Waals surface area contributed by atoms with Gasteiger partial charge in [0, 0.05) is 37.1 Å². The van der Waals surface area contributed by atoms with Gasteiger partial charge in [-0.2, -0.15) is 14.5 Å². The first-order chi connectivity index (χ1) is 18.3. The number of aryl methyl sites for hydroxylation is 1. The minimum Gasteiger partial charge on any atom is -0.306 e. The lowest BCUT2D eigenvalue weighted by atomic mass is 10.1. The van der Waals surface area contributed by atoms with E-state index in [1.165, 1.54) is 15.0 Å². The highest BCUT2D eigenvalue weighted by Crippen LogP contribution is 2.27. The Morgan fingerprint density at radius 3 is 2.42 bits per heavy atom. The highest BCUT2D eigenvalue weighted by atomic mass is 32.2. The largest absolute Gasteiger partial charge is 0.306 e. The van der Waals surface area contributed by atoms with E-state index in [2.05, 4.69) is 15.4 Å². The summed E-state index contributed by atoms with van der Waals surface area (Å²) in [5.41, 5.74) is 3.91. The second-order valence-electron chi connectivity index (χ2n) is 8.68. The van der Waals surface area contributed by atoms with E-state index in [1.54, 1.807) is 53.5 Å². The Hall–Kier alpha value is -4.35. The van der Waals surface area contributed by atoms with Crippen LogP contribution in [0.5, 0.6) is 0 Å². The first-order valence-corrected chi connectivity index (χ1v) is 13.6. The summed E-state index contributed by atoms with van der Waals surface area (Å²) in [7, 11) is -3.57. The molecule has 5 rings (SSSR count). The fourth-order valence-electron chi connectivity index (χ4n) is 4.18. The van der Waals surface area contributed by atoms with E-state index in [1.807, 2.05) is 45.0 Å². The van der Waals surface area contributed by atoms with Crippen LogP contribution in [0.2, 0.25) is 0 Å². The summed E-state index contributed by atoms with van der Waals surface area (Å²) in [6, 6.07) is 17.8. The first kappa shape index (κ1) is 25.3. The van der Waals surface area contributed by atoms with Crippen molar-refractivity contribution in [2.45, 2.75) is 25.7 Å². The molecule has 0 radical (unpaired) electrons. The van der Waals surface area contributed by atoms with E-state index >= 15 is 0 Å². The molecular weight excluding hydrogens is 502 g/mol. The van der Waals surface area contributed by atoms with Crippen molar-refractivity contribution in [2.24, 2.45) is 0 Å². The zero-order valence-electron chi connectivity index (χ0n) is 21.2. The molecule has 0 aliphatic rings. The quantitative estimate of drug-likeness (QED) is 0.323. The van der Waals surface area contributed by atoms with Gasteiger partial charge in [0.2, 0.25) is 10.0 Å². The molecule has 0 fully saturated rings. The molecule has 0 atom stereocenters. The van der Waals surface area contributed by atoms with Crippen molar-refractivity contribution in [3.8, 4) is 16.9 Å². The number of nitrogens with one attached hydrogen (secondary N) is 1. The van der Waals surface area contributed by atoms with Crippen LogP contribution in [0.25, 0.3) is 22.6 Å². The maximum Gasteiger partial charge on any atom is 0.262 e. The summed E-state index contributed by atoms with van der Waals surface area (Å²) in [5, 5.41) is 11.9. The van der Waals surface area contributed by atoms with Gasteiger partial charge in [-0.1, -0.05) is 43.7 Å². The summed E-state index contributed by atoms with van der Waals surface area (Å²) in [6.45, 7) is 6.41. The van der Waals surface area contributed by atoms with Crippen LogP contribution in [0, 0.1) is 6.92 Å². The van der Waals surface area contributed by atoms with Crippen molar-refractivity contribution in [1.29, 1.82) is 0 Å². The fourth-order valence-corrected chi connectivity index (χ4v) is 5.63. The van der Waals surface area contributed by atoms with Crippen LogP contribution in [0.4, 0.5) is 5.82 Å². The molecule has 0 aliphatic carbocycles. The topological polar surface area (TPSA) is 114 Å². The lowest BCUT2D eigenvalue weighted by Gasteiger charge is -2.18. The van der Waals surface area contributed by atoms with E-state index in [-0.39, 0.29) is 10.8 Å². The molecule has 0 spiro atoms. The zero-order valence-corrected chi connectivity index (χ0v) is 22.1. The predicted octanol–water partition coefficient (Wildman–Crippen LogP) is 4.17. The molecule has 2 aromatic carbocycles. The lowest BCUT2D eigenvalue weighted by Crippen LogP contribution is -2.30. The Labute approximate surface area is 220 Å². The van der Waals surface area contributed by atoms with Crippen molar-refractivity contribution in [3.05, 3.63) is 90.4 Å². The minimum atomic E-state index is -3.57. The van der Waals surface area contributed by atoms with Crippen molar-refractivity contribution in [3.63, 3.8) is 0 Å². The maximum atomic E-state index is 13.2. The molecule has 11 heteroatoms. The molecule has 0 saturated heterocycles. The molecule has 10 nitrogen and oxygen atoms in total. The van der Waals surface area contributed by atoms with Gasteiger partial charge in [-0.15, -0.1) is 0 Å². The summed E-state index contributed by atoms with van der Waals surface area (Å²) in [5.74, 6) is 0.0724. The molecule has 5 aromatic rings. The van der Waals surface area contributed by atoms with E-state index in [4.69, 9.17) is 5.10 Å². The third-order valence-electron chi connectivity index (χ3n) is 6.25. The van der Waals surface area contributed by atoms with E-state index in [0.29, 0.717) is 41.4 Å². The summed E-state index contributed by atoms with van der Waals surface area (Å²) in [4.78, 5) is 17.7. The highest BCUT2D eigenvalue weighted by Gasteiger charge is 2.22. The molecule has 194 valence electrons. The standard InChI is InChI=1S/C27H27N7O3S/c1-4-32(5-2)38(36,37)22-13-9-20(10-14-22)24-17-25(34(31-24)21-11-7-19(3)8-12-21)30-27(35)23-18-29-33-16-6-15-28-26(23)33/h6-18H,4-5H2,1-3H3,(H,30,35). The van der Waals surface area contributed by atoms with Crippen molar-refractivity contribution in [2.75, 3.05) is 18.4 Å². The van der Waals surface area contributed by atoms with Crippen LogP contribution >= 0.6 is 0 Å². The number of aromatic nitrogens is 5. The normalized spacial score (nSPS) is 11.8. The average molecular weight is 530 g/mol. The average Bonchev–Trinajstić information content (AvgIpc) is 3.54. The molecule has 1 N–H and O–H groups in total. The van der Waals surface area contributed by atoms with Gasteiger partial charge in [-0.3, -0.25) is 4.79 Å². The van der Waals surface area contributed by atoms with Gasteiger partial charge in [-0.25, -0.2) is 22.6 Å². The van der Waals surface area contributed by atoms with Gasteiger partial charge in [0.05, 0.1) is 22.5 Å². The maximum absolute atomic E-state index is 13.2. The minimum absolute atomic E-state index is 0.219. The monoisotopic (exact) mass is 529 g/mol. The SMILES string of the molecule is CCN(CC)S(=O)(=O)c1ccc(-c2cc(NC(=O)c3cnn4cccnc34)n(-c3ccc(C)cc3)n2)cc1. The van der Waals surface area contributed by atoms with Crippen LogP contribution in [0.15, 0.2) is 84.1 Å². The molecule has 0 aliphatic heterocycles. The van der Waals surface area contributed by atoms with Gasteiger partial charge in [-0.05, 0) is 37.3 Å². The number of nitrogens with zero attached hydrogens (tertiary/aromatic N) is 6. The number of sulfonamides is 1. The number of carbonyl (C=O) groups is 1. The molecule has 0 saturated carbocycles. The van der Waals surface area contributed by atoms with Gasteiger partial charge in [0.15, 0.2) is 5.65 Å². The number of fused-ring (bicyclic) bond motifs is 1. The Bertz CT molecular complexity index is 1700. The first-order valence-electron chi connectivity index (χ1n) is 12.2. The van der Waals surface area contributed by atoms with Gasteiger partial charge >= 0.3 is 0 Å². The Balaban J connectivity index is 1.52. The molecule has 0 bridgehead atoms. The van der Waals surface area contributed by atoms with Crippen LogP contribution < -0.4 is 5.32 Å². The second-order valence-corrected chi connectivity index (χ2v) is 10.6. The number of amides is 1. The molecule has 38 heavy (non-hydrogen) atoms. The Kier molecular flexibility index (Phi) is 6.79. The van der Waals surface area contributed by atoms with Gasteiger partial charge < -0.3 is 5.32 Å². The van der Waals surface area contributed by atoms with Crippen LogP contribution in [-0.2, 0) is 10.0 Å². The number of hydrogen-bond donors (Lipinski definition) is 1. The van der Waals surface area contributed by atoms with Gasteiger partial charge in [0.25, 0.3) is 5.91 Å². The zero-order chi connectivity index (χ0) is 26.9. The third-order valence-corrected chi connectivity index (χ3v) is 8.31. The van der Waals surface area contributed by atoms with Crippen LogP contribution in [0.3, 0.4) is 0 Å².